The SMILES string of the molecule is CC(C)(C)OC(=O)NCCCN1CCC2(CC1)CC(C(=O)NCc1ccc3c(-c4cccc(C#N)c4)cn(C4CCOCC4)c3c1Cl)C2. The van der Waals surface area contributed by atoms with Crippen molar-refractivity contribution in [2.45, 2.75) is 83.9 Å². The number of ether oxygens (including phenoxy) is 2. The van der Waals surface area contributed by atoms with E-state index >= 15 is 0 Å². The van der Waals surface area contributed by atoms with Gasteiger partial charge in [-0.1, -0.05) is 35.9 Å². The number of halogens is 1. The van der Waals surface area contributed by atoms with Gasteiger partial charge in [0.1, 0.15) is 5.60 Å². The molecule has 2 aromatic carbocycles. The lowest BCUT2D eigenvalue weighted by Crippen LogP contribution is -2.51. The molecule has 1 aliphatic carbocycles. The van der Waals surface area contributed by atoms with Gasteiger partial charge in [0.2, 0.25) is 5.91 Å². The van der Waals surface area contributed by atoms with E-state index in [4.69, 9.17) is 21.1 Å². The van der Waals surface area contributed by atoms with Crippen molar-refractivity contribution < 1.29 is 19.1 Å². The van der Waals surface area contributed by atoms with Gasteiger partial charge in [-0.25, -0.2) is 4.79 Å². The highest BCUT2D eigenvalue weighted by molar-refractivity contribution is 6.36. The molecule has 256 valence electrons. The van der Waals surface area contributed by atoms with Gasteiger partial charge in [0.05, 0.1) is 22.2 Å². The van der Waals surface area contributed by atoms with Crippen LogP contribution in [0.25, 0.3) is 22.0 Å². The molecule has 2 saturated heterocycles. The number of hydrogen-bond donors (Lipinski definition) is 2. The van der Waals surface area contributed by atoms with Crippen molar-refractivity contribution in [1.29, 1.82) is 5.26 Å². The summed E-state index contributed by atoms with van der Waals surface area (Å²) in [6.07, 6.45) is 8.63. The molecule has 9 nitrogen and oxygen atoms in total. The molecule has 0 unspecified atom stereocenters. The van der Waals surface area contributed by atoms with E-state index in [-0.39, 0.29) is 29.4 Å². The third-order valence-corrected chi connectivity index (χ3v) is 10.7. The van der Waals surface area contributed by atoms with E-state index in [9.17, 15) is 14.9 Å². The van der Waals surface area contributed by atoms with Crippen molar-refractivity contribution in [3.63, 3.8) is 0 Å². The highest BCUT2D eigenvalue weighted by atomic mass is 35.5. The zero-order valence-corrected chi connectivity index (χ0v) is 29.2. The van der Waals surface area contributed by atoms with Crippen molar-refractivity contribution in [3.8, 4) is 17.2 Å². The Balaban J connectivity index is 1.03. The zero-order valence-electron chi connectivity index (χ0n) is 28.4. The molecule has 3 heterocycles. The molecule has 3 aromatic rings. The Morgan fingerprint density at radius 2 is 1.85 bits per heavy atom. The molecule has 3 aliphatic rings. The molecule has 3 fully saturated rings. The predicted octanol–water partition coefficient (Wildman–Crippen LogP) is 7.21. The van der Waals surface area contributed by atoms with Gasteiger partial charge >= 0.3 is 6.09 Å². The zero-order chi connectivity index (χ0) is 33.9. The number of piperidine rings is 1. The molecule has 1 aromatic heterocycles. The van der Waals surface area contributed by atoms with Gasteiger partial charge in [-0.15, -0.1) is 0 Å². The minimum absolute atomic E-state index is 0.0437. The third kappa shape index (κ3) is 7.83. The normalized spacial score (nSPS) is 18.7. The van der Waals surface area contributed by atoms with Crippen LogP contribution in [0.1, 0.15) is 82.9 Å². The fourth-order valence-electron chi connectivity index (χ4n) is 7.69. The van der Waals surface area contributed by atoms with Crippen LogP contribution in [0.15, 0.2) is 42.6 Å². The van der Waals surface area contributed by atoms with Crippen molar-refractivity contribution in [3.05, 3.63) is 58.7 Å². The average molecular weight is 674 g/mol. The first kappa shape index (κ1) is 34.3. The van der Waals surface area contributed by atoms with Crippen LogP contribution >= 0.6 is 11.6 Å². The number of carbonyl (C=O) groups is 2. The van der Waals surface area contributed by atoms with Gasteiger partial charge in [0, 0.05) is 55.4 Å². The summed E-state index contributed by atoms with van der Waals surface area (Å²) in [5.74, 6) is 0.156. The number of alkyl carbamates (subject to hydrolysis) is 1. The number of aromatic nitrogens is 1. The lowest BCUT2D eigenvalue weighted by atomic mass is 9.57. The molecule has 0 atom stereocenters. The number of benzene rings is 2. The Hall–Kier alpha value is -3.58. The Morgan fingerprint density at radius 1 is 1.10 bits per heavy atom. The molecule has 0 bridgehead atoms. The number of hydrogen-bond acceptors (Lipinski definition) is 6. The molecule has 1 spiro atoms. The summed E-state index contributed by atoms with van der Waals surface area (Å²) in [5, 5.41) is 17.3. The Kier molecular flexibility index (Phi) is 10.4. The number of nitriles is 1. The largest absolute Gasteiger partial charge is 0.444 e. The van der Waals surface area contributed by atoms with E-state index in [1.54, 1.807) is 0 Å². The molecule has 2 N–H and O–H groups in total. The molecule has 6 rings (SSSR count). The highest BCUT2D eigenvalue weighted by Gasteiger charge is 2.48. The van der Waals surface area contributed by atoms with Crippen LogP contribution < -0.4 is 10.6 Å². The molecule has 2 amide bonds. The second-order valence-electron chi connectivity index (χ2n) is 14.9. The number of carbonyl (C=O) groups excluding carboxylic acids is 2. The van der Waals surface area contributed by atoms with Crippen molar-refractivity contribution >= 4 is 34.5 Å². The lowest BCUT2D eigenvalue weighted by molar-refractivity contribution is -0.135. The smallest absolute Gasteiger partial charge is 0.407 e. The maximum atomic E-state index is 13.3. The minimum atomic E-state index is -0.486. The number of fused-ring (bicyclic) bond motifs is 1. The Morgan fingerprint density at radius 3 is 2.56 bits per heavy atom. The van der Waals surface area contributed by atoms with Crippen molar-refractivity contribution in [2.24, 2.45) is 11.3 Å². The van der Waals surface area contributed by atoms with Crippen LogP contribution in [0.2, 0.25) is 5.02 Å². The third-order valence-electron chi connectivity index (χ3n) is 10.3. The van der Waals surface area contributed by atoms with E-state index in [1.165, 1.54) is 0 Å². The lowest BCUT2D eigenvalue weighted by Gasteiger charge is -2.51. The molecule has 10 heteroatoms. The summed E-state index contributed by atoms with van der Waals surface area (Å²) >= 11 is 7.17. The van der Waals surface area contributed by atoms with Gasteiger partial charge in [-0.3, -0.25) is 4.79 Å². The first-order chi connectivity index (χ1) is 23.0. The van der Waals surface area contributed by atoms with Crippen LogP contribution in [0.5, 0.6) is 0 Å². The number of rotatable bonds is 9. The quantitative estimate of drug-likeness (QED) is 0.233. The van der Waals surface area contributed by atoms with Gasteiger partial charge < -0.3 is 29.6 Å². The van der Waals surface area contributed by atoms with Gasteiger partial charge in [0.15, 0.2) is 0 Å². The first-order valence-electron chi connectivity index (χ1n) is 17.4. The second kappa shape index (κ2) is 14.5. The van der Waals surface area contributed by atoms with Crippen LogP contribution in [-0.2, 0) is 20.8 Å². The number of nitrogens with one attached hydrogen (secondary N) is 2. The molecule has 2 aliphatic heterocycles. The van der Waals surface area contributed by atoms with Crippen LogP contribution in [0.3, 0.4) is 0 Å². The van der Waals surface area contributed by atoms with Gasteiger partial charge in [-0.2, -0.15) is 5.26 Å². The summed E-state index contributed by atoms with van der Waals surface area (Å²) in [6.45, 7) is 11.0. The van der Waals surface area contributed by atoms with Crippen LogP contribution in [0, 0.1) is 22.7 Å². The first-order valence-corrected chi connectivity index (χ1v) is 17.8. The second-order valence-corrected chi connectivity index (χ2v) is 15.2. The highest BCUT2D eigenvalue weighted by Crippen LogP contribution is 2.52. The molecule has 1 saturated carbocycles. The van der Waals surface area contributed by atoms with Gasteiger partial charge in [0.25, 0.3) is 0 Å². The van der Waals surface area contributed by atoms with E-state index in [2.05, 4.69) is 38.4 Å². The minimum Gasteiger partial charge on any atom is -0.444 e. The summed E-state index contributed by atoms with van der Waals surface area (Å²) < 4.78 is 13.2. The number of nitrogens with zero attached hydrogens (tertiary/aromatic N) is 3. The summed E-state index contributed by atoms with van der Waals surface area (Å²) in [6, 6.07) is 14.3. The van der Waals surface area contributed by atoms with Crippen molar-refractivity contribution in [2.75, 3.05) is 39.4 Å². The summed E-state index contributed by atoms with van der Waals surface area (Å²) in [5.41, 5.74) is 4.33. The topological polar surface area (TPSA) is 109 Å². The fraction of sp³-hybridized carbons (Fsp3) is 0.553. The van der Waals surface area contributed by atoms with E-state index < -0.39 is 5.60 Å². The predicted molar refractivity (Wildman–Crippen MR) is 188 cm³/mol. The molecular formula is C38H48ClN5O4. The van der Waals surface area contributed by atoms with Crippen LogP contribution in [-0.4, -0.2) is 66.5 Å². The maximum absolute atomic E-state index is 13.3. The van der Waals surface area contributed by atoms with Crippen molar-refractivity contribution in [1.82, 2.24) is 20.1 Å². The van der Waals surface area contributed by atoms with Gasteiger partial charge in [-0.05, 0) is 114 Å². The van der Waals surface area contributed by atoms with E-state index in [1.807, 2.05) is 51.1 Å². The number of amides is 2. The molecule has 0 radical (unpaired) electrons. The van der Waals surface area contributed by atoms with E-state index in [0.29, 0.717) is 36.9 Å². The monoisotopic (exact) mass is 673 g/mol. The molecule has 48 heavy (non-hydrogen) atoms. The summed E-state index contributed by atoms with van der Waals surface area (Å²) in [4.78, 5) is 27.6. The fourth-order valence-corrected chi connectivity index (χ4v) is 8.02. The Bertz CT molecular complexity index is 1670. The Labute approximate surface area is 288 Å². The molecular weight excluding hydrogens is 626 g/mol. The average Bonchev–Trinajstić information content (AvgIpc) is 3.46. The van der Waals surface area contributed by atoms with E-state index in [0.717, 1.165) is 92.2 Å². The summed E-state index contributed by atoms with van der Waals surface area (Å²) in [7, 11) is 0. The number of likely N-dealkylation sites (tertiary alicyclic amines) is 1. The maximum Gasteiger partial charge on any atom is 0.407 e. The standard InChI is InChI=1S/C38H48ClN5O4/c1-37(2,3)48-36(46)41-14-5-15-43-16-12-38(13-17-43)21-29(22-38)35(45)42-24-28-8-9-31-32(27-7-4-6-26(20-27)23-40)25-44(34(31)33(28)39)30-10-18-47-19-11-30/h4,6-9,20,25,29-30H,5,10-19,21-22,24H2,1-3H3,(H,41,46)(H,42,45). The van der Waals surface area contributed by atoms with Crippen LogP contribution in [0.4, 0.5) is 4.79 Å².